The van der Waals surface area contributed by atoms with Gasteiger partial charge in [0.25, 0.3) is 11.8 Å². The summed E-state index contributed by atoms with van der Waals surface area (Å²) in [7, 11) is 0. The Kier molecular flexibility index (Phi) is 6.17. The zero-order chi connectivity index (χ0) is 19.3. The maximum absolute atomic E-state index is 12.4. The third-order valence-electron chi connectivity index (χ3n) is 4.60. The van der Waals surface area contributed by atoms with E-state index in [-0.39, 0.29) is 6.04 Å². The van der Waals surface area contributed by atoms with Crippen LogP contribution in [-0.2, 0) is 19.1 Å². The maximum atomic E-state index is 12.4. The third-order valence-corrected chi connectivity index (χ3v) is 4.60. The fraction of sp³-hybridized carbons (Fsp3) is 0.688. The van der Waals surface area contributed by atoms with Crippen LogP contribution in [0.5, 0.6) is 0 Å². The van der Waals surface area contributed by atoms with Crippen molar-refractivity contribution >= 4 is 29.8 Å². The molecule has 0 bridgehead atoms. The van der Waals surface area contributed by atoms with Crippen LogP contribution < -0.4 is 16.0 Å². The van der Waals surface area contributed by atoms with Crippen LogP contribution in [-0.4, -0.2) is 59.5 Å². The molecule has 0 aromatic heterocycles. The minimum absolute atomic E-state index is 0.104. The van der Waals surface area contributed by atoms with E-state index in [0.29, 0.717) is 19.3 Å². The monoisotopic (exact) mass is 368 g/mol. The quantitative estimate of drug-likeness (QED) is 0.447. The summed E-state index contributed by atoms with van der Waals surface area (Å²) in [6.45, 7) is 2.40. The summed E-state index contributed by atoms with van der Waals surface area (Å²) in [6, 6.07) is -1.42. The van der Waals surface area contributed by atoms with Gasteiger partial charge in [-0.05, 0) is 26.2 Å². The van der Waals surface area contributed by atoms with E-state index in [1.54, 1.807) is 6.92 Å². The van der Waals surface area contributed by atoms with Crippen LogP contribution in [0.25, 0.3) is 0 Å². The van der Waals surface area contributed by atoms with Crippen LogP contribution in [0.1, 0.15) is 46.0 Å². The molecule has 2 aliphatic rings. The molecule has 1 saturated carbocycles. The molecule has 1 heterocycles. The Morgan fingerprint density at radius 2 is 1.92 bits per heavy atom. The smallest absolute Gasteiger partial charge is 0.326 e. The van der Waals surface area contributed by atoms with Crippen molar-refractivity contribution < 1.29 is 28.7 Å². The van der Waals surface area contributed by atoms with E-state index in [9.17, 15) is 24.0 Å². The molecule has 2 fully saturated rings. The second-order valence-corrected chi connectivity index (χ2v) is 6.60. The number of imide groups is 2. The molecule has 0 aromatic rings. The number of carbonyl (C=O) groups excluding carboxylic acids is 5. The summed E-state index contributed by atoms with van der Waals surface area (Å²) in [4.78, 5) is 60.1. The first kappa shape index (κ1) is 19.7. The van der Waals surface area contributed by atoms with Crippen LogP contribution in [0, 0.1) is 0 Å². The number of hydrogen-bond acceptors (Lipinski definition) is 6. The SMILES string of the molecule is CC[C@H](C)NC(=O)NC(=O)COC(=O)CN1C(=O)NC2(CCCC2)C1=O. The van der Waals surface area contributed by atoms with E-state index in [4.69, 9.17) is 4.74 Å². The van der Waals surface area contributed by atoms with Crippen LogP contribution in [0.3, 0.4) is 0 Å². The van der Waals surface area contributed by atoms with Gasteiger partial charge in [0.15, 0.2) is 6.61 Å². The van der Waals surface area contributed by atoms with Crippen molar-refractivity contribution in [2.24, 2.45) is 0 Å². The average molecular weight is 368 g/mol. The molecule has 144 valence electrons. The third kappa shape index (κ3) is 4.50. The Labute approximate surface area is 151 Å². The lowest BCUT2D eigenvalue weighted by atomic mass is 9.98. The summed E-state index contributed by atoms with van der Waals surface area (Å²) in [5.74, 6) is -2.14. The number of carbonyl (C=O) groups is 5. The number of rotatable bonds is 6. The summed E-state index contributed by atoms with van der Waals surface area (Å²) >= 11 is 0. The molecular weight excluding hydrogens is 344 g/mol. The molecule has 10 heteroatoms. The molecular formula is C16H24N4O6. The van der Waals surface area contributed by atoms with Crippen LogP contribution >= 0.6 is 0 Å². The van der Waals surface area contributed by atoms with E-state index in [0.717, 1.165) is 17.7 Å². The average Bonchev–Trinajstić information content (AvgIpc) is 3.14. The van der Waals surface area contributed by atoms with Crippen LogP contribution in [0.2, 0.25) is 0 Å². The highest BCUT2D eigenvalue weighted by Crippen LogP contribution is 2.34. The molecule has 10 nitrogen and oxygen atoms in total. The zero-order valence-electron chi connectivity index (χ0n) is 14.9. The van der Waals surface area contributed by atoms with Crippen LogP contribution in [0.15, 0.2) is 0 Å². The van der Waals surface area contributed by atoms with Gasteiger partial charge in [-0.3, -0.25) is 24.6 Å². The first-order chi connectivity index (χ1) is 12.3. The number of nitrogens with zero attached hydrogens (tertiary/aromatic N) is 1. The molecule has 1 aliphatic heterocycles. The highest BCUT2D eigenvalue weighted by Gasteiger charge is 2.52. The Bertz CT molecular complexity index is 614. The standard InChI is InChI=1S/C16H24N4O6/c1-3-10(2)17-14(24)18-11(21)9-26-12(22)8-20-13(23)16(19-15(20)25)6-4-5-7-16/h10H,3-9H2,1-2H3,(H,19,25)(H2,17,18,21,24)/t10-/m0/s1. The van der Waals surface area contributed by atoms with Crippen molar-refractivity contribution in [3.8, 4) is 0 Å². The van der Waals surface area contributed by atoms with Crippen molar-refractivity contribution in [2.45, 2.75) is 57.5 Å². The molecule has 26 heavy (non-hydrogen) atoms. The second kappa shape index (κ2) is 8.15. The van der Waals surface area contributed by atoms with Crippen molar-refractivity contribution in [3.05, 3.63) is 0 Å². The highest BCUT2D eigenvalue weighted by atomic mass is 16.5. The highest BCUT2D eigenvalue weighted by molar-refractivity contribution is 6.09. The number of amides is 6. The minimum atomic E-state index is -0.902. The van der Waals surface area contributed by atoms with E-state index in [1.807, 2.05) is 12.2 Å². The van der Waals surface area contributed by atoms with Crippen molar-refractivity contribution in [1.82, 2.24) is 20.9 Å². The normalized spacial score (nSPS) is 19.2. The zero-order valence-corrected chi connectivity index (χ0v) is 14.9. The molecule has 0 radical (unpaired) electrons. The van der Waals surface area contributed by atoms with Crippen molar-refractivity contribution in [1.29, 1.82) is 0 Å². The first-order valence-corrected chi connectivity index (χ1v) is 8.67. The molecule has 1 saturated heterocycles. The largest absolute Gasteiger partial charge is 0.454 e. The van der Waals surface area contributed by atoms with Crippen molar-refractivity contribution in [2.75, 3.05) is 13.2 Å². The first-order valence-electron chi connectivity index (χ1n) is 8.67. The molecule has 0 aromatic carbocycles. The number of urea groups is 2. The van der Waals surface area contributed by atoms with Gasteiger partial charge in [0, 0.05) is 6.04 Å². The Morgan fingerprint density at radius 1 is 1.27 bits per heavy atom. The Hall–Kier alpha value is -2.65. The van der Waals surface area contributed by atoms with E-state index < -0.39 is 48.5 Å². The number of nitrogens with one attached hydrogen (secondary N) is 3. The van der Waals surface area contributed by atoms with Gasteiger partial charge < -0.3 is 15.4 Å². The van der Waals surface area contributed by atoms with E-state index in [2.05, 4.69) is 10.6 Å². The summed E-state index contributed by atoms with van der Waals surface area (Å²) in [5, 5.41) is 7.20. The van der Waals surface area contributed by atoms with Gasteiger partial charge in [-0.25, -0.2) is 9.59 Å². The number of hydrogen-bond donors (Lipinski definition) is 3. The van der Waals surface area contributed by atoms with Gasteiger partial charge in [0.1, 0.15) is 12.1 Å². The fourth-order valence-electron chi connectivity index (χ4n) is 2.98. The molecule has 6 amide bonds. The minimum Gasteiger partial charge on any atom is -0.454 e. The molecule has 1 atom stereocenters. The lowest BCUT2D eigenvalue weighted by molar-refractivity contribution is -0.150. The second-order valence-electron chi connectivity index (χ2n) is 6.60. The van der Waals surface area contributed by atoms with Crippen LogP contribution in [0.4, 0.5) is 9.59 Å². The molecule has 2 rings (SSSR count). The fourth-order valence-corrected chi connectivity index (χ4v) is 2.98. The Balaban J connectivity index is 1.76. The van der Waals surface area contributed by atoms with Gasteiger partial charge in [0.05, 0.1) is 0 Å². The number of esters is 1. The molecule has 1 spiro atoms. The number of ether oxygens (including phenoxy) is 1. The van der Waals surface area contributed by atoms with Crippen molar-refractivity contribution in [3.63, 3.8) is 0 Å². The lowest BCUT2D eigenvalue weighted by Gasteiger charge is -2.19. The molecule has 0 unspecified atom stereocenters. The molecule has 1 aliphatic carbocycles. The predicted molar refractivity (Wildman–Crippen MR) is 88.8 cm³/mol. The van der Waals surface area contributed by atoms with E-state index >= 15 is 0 Å². The van der Waals surface area contributed by atoms with E-state index in [1.165, 1.54) is 0 Å². The predicted octanol–water partition coefficient (Wildman–Crippen LogP) is 0.0185. The van der Waals surface area contributed by atoms with Gasteiger partial charge in [-0.15, -0.1) is 0 Å². The van der Waals surface area contributed by atoms with Gasteiger partial charge in [-0.1, -0.05) is 19.8 Å². The summed E-state index contributed by atoms with van der Waals surface area (Å²) < 4.78 is 4.74. The Morgan fingerprint density at radius 3 is 2.54 bits per heavy atom. The maximum Gasteiger partial charge on any atom is 0.326 e. The lowest BCUT2D eigenvalue weighted by Crippen LogP contribution is -2.45. The van der Waals surface area contributed by atoms with Gasteiger partial charge in [-0.2, -0.15) is 0 Å². The van der Waals surface area contributed by atoms with Gasteiger partial charge in [0.2, 0.25) is 0 Å². The molecule has 3 N–H and O–H groups in total. The van der Waals surface area contributed by atoms with Gasteiger partial charge >= 0.3 is 18.0 Å². The summed E-state index contributed by atoms with van der Waals surface area (Å²) in [6.07, 6.45) is 3.48. The summed E-state index contributed by atoms with van der Waals surface area (Å²) in [5.41, 5.74) is -0.900. The topological polar surface area (TPSA) is 134 Å².